The van der Waals surface area contributed by atoms with Crippen molar-refractivity contribution in [2.45, 2.75) is 25.8 Å². The van der Waals surface area contributed by atoms with Crippen LogP contribution in [0.4, 0.5) is 8.78 Å². The summed E-state index contributed by atoms with van der Waals surface area (Å²) in [6, 6.07) is 14.0. The molecule has 0 saturated carbocycles. The van der Waals surface area contributed by atoms with Gasteiger partial charge in [-0.1, -0.05) is 48.5 Å². The number of rotatable bonds is 5. The summed E-state index contributed by atoms with van der Waals surface area (Å²) in [5.41, 5.74) is 2.73. The second-order valence-corrected chi connectivity index (χ2v) is 5.68. The summed E-state index contributed by atoms with van der Waals surface area (Å²) in [6.45, 7) is 2.66. The lowest BCUT2D eigenvalue weighted by atomic mass is 9.98. The van der Waals surface area contributed by atoms with Crippen molar-refractivity contribution in [1.82, 2.24) is 15.0 Å². The van der Waals surface area contributed by atoms with E-state index in [1.54, 1.807) is 10.7 Å². The summed E-state index contributed by atoms with van der Waals surface area (Å²) >= 11 is 0. The molecule has 1 unspecified atom stereocenters. The summed E-state index contributed by atoms with van der Waals surface area (Å²) in [5.74, 6) is -1.57. The summed E-state index contributed by atoms with van der Waals surface area (Å²) in [7, 11) is 0. The maximum atomic E-state index is 13.3. The van der Waals surface area contributed by atoms with E-state index in [1.165, 1.54) is 6.07 Å². The van der Waals surface area contributed by atoms with Crippen molar-refractivity contribution < 1.29 is 8.78 Å². The number of benzene rings is 2. The molecule has 0 N–H and O–H groups in total. The van der Waals surface area contributed by atoms with Crippen LogP contribution in [0, 0.1) is 11.6 Å². The normalized spacial score (nSPS) is 12.3. The van der Waals surface area contributed by atoms with Gasteiger partial charge in [-0.15, -0.1) is 5.10 Å². The van der Waals surface area contributed by atoms with Gasteiger partial charge in [0.1, 0.15) is 0 Å². The molecule has 5 heteroatoms. The van der Waals surface area contributed by atoms with Crippen LogP contribution in [0.5, 0.6) is 0 Å². The van der Waals surface area contributed by atoms with E-state index in [0.29, 0.717) is 13.0 Å². The van der Waals surface area contributed by atoms with Crippen molar-refractivity contribution in [2.24, 2.45) is 0 Å². The van der Waals surface area contributed by atoms with E-state index in [-0.39, 0.29) is 5.92 Å². The molecule has 0 radical (unpaired) electrons. The first-order valence-corrected chi connectivity index (χ1v) is 7.49. The van der Waals surface area contributed by atoms with Gasteiger partial charge < -0.3 is 0 Å². The second-order valence-electron chi connectivity index (χ2n) is 5.68. The van der Waals surface area contributed by atoms with Gasteiger partial charge in [-0.25, -0.2) is 13.5 Å². The average molecular weight is 313 g/mol. The Bertz CT molecular complexity index is 784. The molecule has 0 aliphatic heterocycles. The third kappa shape index (κ3) is 3.80. The van der Waals surface area contributed by atoms with Gasteiger partial charge in [0.05, 0.1) is 12.2 Å². The molecule has 0 spiro atoms. The SMILES string of the molecule is CC(Cc1ccc(F)c(F)c1)c1cn(Cc2ccccc2)nn1. The molecule has 3 nitrogen and oxygen atoms in total. The van der Waals surface area contributed by atoms with E-state index in [4.69, 9.17) is 0 Å². The molecule has 0 fully saturated rings. The molecule has 0 saturated heterocycles. The first kappa shape index (κ1) is 15.3. The minimum atomic E-state index is -0.824. The van der Waals surface area contributed by atoms with E-state index in [1.807, 2.05) is 43.5 Å². The minimum Gasteiger partial charge on any atom is -0.248 e. The Hall–Kier alpha value is -2.56. The third-order valence-corrected chi connectivity index (χ3v) is 3.77. The van der Waals surface area contributed by atoms with Gasteiger partial charge in [-0.3, -0.25) is 0 Å². The standard InChI is InChI=1S/C18H17F2N3/c1-13(9-15-7-8-16(19)17(20)10-15)18-12-23(22-21-18)11-14-5-3-2-4-6-14/h2-8,10,12-13H,9,11H2,1H3. The molecule has 0 aliphatic rings. The van der Waals surface area contributed by atoms with Crippen LogP contribution in [-0.2, 0) is 13.0 Å². The average Bonchev–Trinajstić information content (AvgIpc) is 3.00. The van der Waals surface area contributed by atoms with E-state index in [2.05, 4.69) is 10.3 Å². The molecule has 1 heterocycles. The number of hydrogen-bond donors (Lipinski definition) is 0. The molecule has 23 heavy (non-hydrogen) atoms. The Morgan fingerprint density at radius 3 is 2.52 bits per heavy atom. The Kier molecular flexibility index (Phi) is 4.46. The van der Waals surface area contributed by atoms with Gasteiger partial charge in [0, 0.05) is 12.1 Å². The predicted molar refractivity (Wildman–Crippen MR) is 84.0 cm³/mol. The van der Waals surface area contributed by atoms with Crippen LogP contribution in [0.15, 0.2) is 54.7 Å². The topological polar surface area (TPSA) is 30.7 Å². The zero-order valence-corrected chi connectivity index (χ0v) is 12.8. The molecular formula is C18H17F2N3. The van der Waals surface area contributed by atoms with Crippen molar-refractivity contribution in [3.8, 4) is 0 Å². The van der Waals surface area contributed by atoms with Gasteiger partial charge in [0.25, 0.3) is 0 Å². The fourth-order valence-corrected chi connectivity index (χ4v) is 2.51. The summed E-state index contributed by atoms with van der Waals surface area (Å²) < 4.78 is 28.0. The highest BCUT2D eigenvalue weighted by Gasteiger charge is 2.13. The van der Waals surface area contributed by atoms with Crippen molar-refractivity contribution in [3.05, 3.63) is 83.2 Å². The van der Waals surface area contributed by atoms with Gasteiger partial charge in [0.15, 0.2) is 11.6 Å². The molecule has 3 rings (SSSR count). The number of nitrogens with zero attached hydrogens (tertiary/aromatic N) is 3. The zero-order chi connectivity index (χ0) is 16.2. The molecule has 1 atom stereocenters. The Morgan fingerprint density at radius 1 is 1.00 bits per heavy atom. The Labute approximate surface area is 133 Å². The molecule has 1 aromatic heterocycles. The maximum Gasteiger partial charge on any atom is 0.159 e. The fourth-order valence-electron chi connectivity index (χ4n) is 2.51. The Balaban J connectivity index is 1.68. The second kappa shape index (κ2) is 6.69. The van der Waals surface area contributed by atoms with E-state index < -0.39 is 11.6 Å². The molecule has 3 aromatic rings. The number of aromatic nitrogens is 3. The largest absolute Gasteiger partial charge is 0.248 e. The molecule has 0 bridgehead atoms. The monoisotopic (exact) mass is 313 g/mol. The van der Waals surface area contributed by atoms with Gasteiger partial charge in [0.2, 0.25) is 0 Å². The molecule has 0 aliphatic carbocycles. The van der Waals surface area contributed by atoms with Crippen LogP contribution in [-0.4, -0.2) is 15.0 Å². The van der Waals surface area contributed by atoms with Gasteiger partial charge in [-0.05, 0) is 29.7 Å². The quantitative estimate of drug-likeness (QED) is 0.714. The van der Waals surface area contributed by atoms with Crippen LogP contribution in [0.25, 0.3) is 0 Å². The lowest BCUT2D eigenvalue weighted by Gasteiger charge is -2.08. The molecular weight excluding hydrogens is 296 g/mol. The highest BCUT2D eigenvalue weighted by atomic mass is 19.2. The summed E-state index contributed by atoms with van der Waals surface area (Å²) in [6.07, 6.45) is 2.48. The van der Waals surface area contributed by atoms with Gasteiger partial charge >= 0.3 is 0 Å². The van der Waals surface area contributed by atoms with Crippen molar-refractivity contribution in [3.63, 3.8) is 0 Å². The van der Waals surface area contributed by atoms with Gasteiger partial charge in [-0.2, -0.15) is 0 Å². The summed E-state index contributed by atoms with van der Waals surface area (Å²) in [4.78, 5) is 0. The van der Waals surface area contributed by atoms with Crippen LogP contribution in [0.2, 0.25) is 0 Å². The van der Waals surface area contributed by atoms with Crippen LogP contribution in [0.1, 0.15) is 29.7 Å². The Morgan fingerprint density at radius 2 is 1.78 bits per heavy atom. The van der Waals surface area contributed by atoms with Crippen LogP contribution >= 0.6 is 0 Å². The number of halogens is 2. The molecule has 0 amide bonds. The van der Waals surface area contributed by atoms with Crippen molar-refractivity contribution in [1.29, 1.82) is 0 Å². The van der Waals surface area contributed by atoms with E-state index >= 15 is 0 Å². The van der Waals surface area contributed by atoms with Crippen LogP contribution < -0.4 is 0 Å². The third-order valence-electron chi connectivity index (χ3n) is 3.77. The highest BCUT2D eigenvalue weighted by Crippen LogP contribution is 2.20. The fraction of sp³-hybridized carbons (Fsp3) is 0.222. The number of hydrogen-bond acceptors (Lipinski definition) is 2. The summed E-state index contributed by atoms with van der Waals surface area (Å²) in [5, 5.41) is 8.33. The smallest absolute Gasteiger partial charge is 0.159 e. The highest BCUT2D eigenvalue weighted by molar-refractivity contribution is 5.21. The van der Waals surface area contributed by atoms with Crippen molar-refractivity contribution >= 4 is 0 Å². The van der Waals surface area contributed by atoms with Crippen LogP contribution in [0.3, 0.4) is 0 Å². The first-order chi connectivity index (χ1) is 11.1. The maximum absolute atomic E-state index is 13.3. The zero-order valence-electron chi connectivity index (χ0n) is 12.8. The molecule has 118 valence electrons. The van der Waals surface area contributed by atoms with Crippen molar-refractivity contribution in [2.75, 3.05) is 0 Å². The van der Waals surface area contributed by atoms with E-state index in [0.717, 1.165) is 22.9 Å². The first-order valence-electron chi connectivity index (χ1n) is 7.49. The lowest BCUT2D eigenvalue weighted by Crippen LogP contribution is -2.01. The predicted octanol–water partition coefficient (Wildman–Crippen LogP) is 3.95. The molecule has 2 aromatic carbocycles. The van der Waals surface area contributed by atoms with E-state index in [9.17, 15) is 8.78 Å². The minimum absolute atomic E-state index is 0.0735. The lowest BCUT2D eigenvalue weighted by molar-refractivity contribution is 0.506.